The number of thiocarbonyl (C=S) groups is 1. The summed E-state index contributed by atoms with van der Waals surface area (Å²) in [5, 5.41) is 8.66. The van der Waals surface area contributed by atoms with Crippen molar-refractivity contribution in [2.75, 3.05) is 10.6 Å². The summed E-state index contributed by atoms with van der Waals surface area (Å²) in [6.45, 7) is 0. The van der Waals surface area contributed by atoms with Gasteiger partial charge in [-0.05, 0) is 47.7 Å². The summed E-state index contributed by atoms with van der Waals surface area (Å²) >= 11 is 5.09. The van der Waals surface area contributed by atoms with E-state index < -0.39 is 5.82 Å². The number of benzene rings is 2. The van der Waals surface area contributed by atoms with Crippen LogP contribution in [0.25, 0.3) is 0 Å². The summed E-state index contributed by atoms with van der Waals surface area (Å²) in [6.07, 6.45) is 0. The summed E-state index contributed by atoms with van der Waals surface area (Å²) in [6, 6.07) is 13.3. The largest absolute Gasteiger partial charge is 0.332 e. The average Bonchev–Trinajstić information content (AvgIpc) is 2.40. The van der Waals surface area contributed by atoms with Crippen molar-refractivity contribution < 1.29 is 4.39 Å². The van der Waals surface area contributed by atoms with Crippen LogP contribution >= 0.6 is 12.2 Å². The molecule has 2 aromatic rings. The molecule has 4 nitrogen and oxygen atoms in total. The van der Waals surface area contributed by atoms with Gasteiger partial charge in [0.05, 0.1) is 0 Å². The van der Waals surface area contributed by atoms with Gasteiger partial charge < -0.3 is 10.6 Å². The van der Waals surface area contributed by atoms with E-state index in [1.54, 1.807) is 0 Å². The molecule has 0 saturated heterocycles. The van der Waals surface area contributed by atoms with Gasteiger partial charge >= 0.3 is 0 Å². The number of nitroso groups, excluding NO2 is 1. The topological polar surface area (TPSA) is 53.5 Å². The van der Waals surface area contributed by atoms with Gasteiger partial charge in [-0.25, -0.2) is 4.39 Å². The highest BCUT2D eigenvalue weighted by Gasteiger charge is 2.05. The Morgan fingerprint density at radius 1 is 1.05 bits per heavy atom. The van der Waals surface area contributed by atoms with Gasteiger partial charge in [-0.1, -0.05) is 18.2 Å². The van der Waals surface area contributed by atoms with Crippen molar-refractivity contribution in [2.24, 2.45) is 5.18 Å². The lowest BCUT2D eigenvalue weighted by Gasteiger charge is -2.10. The van der Waals surface area contributed by atoms with Gasteiger partial charge in [0, 0.05) is 11.4 Å². The standard InChI is InChI=1S/C13H10FN3OS/c14-11-8-10(6-7-12(11)17-18)16-13(19)15-9-4-2-1-3-5-9/h1-8H,(H2,15,16,19). The van der Waals surface area contributed by atoms with Crippen molar-refractivity contribution in [3.63, 3.8) is 0 Å². The van der Waals surface area contributed by atoms with Crippen LogP contribution in [-0.2, 0) is 0 Å². The first-order chi connectivity index (χ1) is 9.19. The zero-order chi connectivity index (χ0) is 13.7. The highest BCUT2D eigenvalue weighted by atomic mass is 32.1. The van der Waals surface area contributed by atoms with Gasteiger partial charge in [-0.2, -0.15) is 0 Å². The van der Waals surface area contributed by atoms with Crippen LogP contribution in [0.4, 0.5) is 21.5 Å². The van der Waals surface area contributed by atoms with Crippen LogP contribution in [0.2, 0.25) is 0 Å². The number of rotatable bonds is 3. The maximum atomic E-state index is 13.3. The molecule has 0 fully saturated rings. The lowest BCUT2D eigenvalue weighted by Crippen LogP contribution is -2.18. The number of halogens is 1. The zero-order valence-electron chi connectivity index (χ0n) is 9.76. The first-order valence-electron chi connectivity index (χ1n) is 5.45. The van der Waals surface area contributed by atoms with E-state index in [4.69, 9.17) is 12.2 Å². The SMILES string of the molecule is O=Nc1ccc(NC(=S)Nc2ccccc2)cc1F. The van der Waals surface area contributed by atoms with Crippen molar-refractivity contribution in [3.8, 4) is 0 Å². The predicted molar refractivity (Wildman–Crippen MR) is 78.1 cm³/mol. The molecule has 0 radical (unpaired) electrons. The summed E-state index contributed by atoms with van der Waals surface area (Å²) < 4.78 is 13.3. The van der Waals surface area contributed by atoms with E-state index in [9.17, 15) is 9.30 Å². The van der Waals surface area contributed by atoms with Crippen LogP contribution in [0.3, 0.4) is 0 Å². The van der Waals surface area contributed by atoms with Gasteiger partial charge in [0.15, 0.2) is 10.9 Å². The van der Waals surface area contributed by atoms with Gasteiger partial charge in [0.2, 0.25) is 0 Å². The Morgan fingerprint density at radius 3 is 2.37 bits per heavy atom. The summed E-state index contributed by atoms with van der Waals surface area (Å²) in [4.78, 5) is 10.3. The van der Waals surface area contributed by atoms with Gasteiger partial charge in [0.1, 0.15) is 5.69 Å². The van der Waals surface area contributed by atoms with E-state index in [1.165, 1.54) is 12.1 Å². The van der Waals surface area contributed by atoms with Crippen molar-refractivity contribution in [1.82, 2.24) is 0 Å². The molecule has 0 saturated carbocycles. The minimum atomic E-state index is -0.692. The van der Waals surface area contributed by atoms with E-state index in [2.05, 4.69) is 15.8 Å². The maximum Gasteiger partial charge on any atom is 0.175 e. The minimum Gasteiger partial charge on any atom is -0.332 e. The van der Waals surface area contributed by atoms with E-state index in [0.717, 1.165) is 11.8 Å². The van der Waals surface area contributed by atoms with Crippen molar-refractivity contribution in [3.05, 3.63) is 59.3 Å². The second kappa shape index (κ2) is 6.01. The molecule has 0 aliphatic carbocycles. The summed E-state index contributed by atoms with van der Waals surface area (Å²) in [7, 11) is 0. The number of para-hydroxylation sites is 1. The lowest BCUT2D eigenvalue weighted by atomic mass is 10.2. The first-order valence-corrected chi connectivity index (χ1v) is 5.86. The molecule has 0 aliphatic heterocycles. The molecule has 0 unspecified atom stereocenters. The Balaban J connectivity index is 2.03. The molecule has 0 bridgehead atoms. The fourth-order valence-corrected chi connectivity index (χ4v) is 1.71. The number of hydrogen-bond acceptors (Lipinski definition) is 3. The predicted octanol–water partition coefficient (Wildman–Crippen LogP) is 4.03. The van der Waals surface area contributed by atoms with Gasteiger partial charge in [-0.3, -0.25) is 0 Å². The molecule has 6 heteroatoms. The normalized spacial score (nSPS) is 9.74. The van der Waals surface area contributed by atoms with Gasteiger partial charge in [-0.15, -0.1) is 4.91 Å². The molecule has 2 rings (SSSR count). The highest BCUT2D eigenvalue weighted by molar-refractivity contribution is 7.80. The third-order valence-electron chi connectivity index (χ3n) is 2.34. The highest BCUT2D eigenvalue weighted by Crippen LogP contribution is 2.21. The molecule has 0 aromatic heterocycles. The van der Waals surface area contributed by atoms with Crippen LogP contribution in [0.5, 0.6) is 0 Å². The van der Waals surface area contributed by atoms with Crippen LogP contribution in [0, 0.1) is 10.7 Å². The molecule has 0 aliphatic rings. The molecule has 2 N–H and O–H groups in total. The number of anilines is 2. The Kier molecular flexibility index (Phi) is 4.15. The minimum absolute atomic E-state index is 0.229. The molecule has 2 aromatic carbocycles. The lowest BCUT2D eigenvalue weighted by molar-refractivity contribution is 0.630. The van der Waals surface area contributed by atoms with Gasteiger partial charge in [0.25, 0.3) is 0 Å². The monoisotopic (exact) mass is 275 g/mol. The smallest absolute Gasteiger partial charge is 0.175 e. The average molecular weight is 275 g/mol. The van der Waals surface area contributed by atoms with Crippen molar-refractivity contribution in [2.45, 2.75) is 0 Å². The Morgan fingerprint density at radius 2 is 1.74 bits per heavy atom. The Bertz CT molecular complexity index is 604. The molecule has 0 spiro atoms. The molecule has 0 amide bonds. The molecule has 0 heterocycles. The molecular weight excluding hydrogens is 265 g/mol. The van der Waals surface area contributed by atoms with Crippen LogP contribution in [-0.4, -0.2) is 5.11 Å². The molecule has 96 valence electrons. The third-order valence-corrected chi connectivity index (χ3v) is 2.54. The second-order valence-electron chi connectivity index (χ2n) is 3.70. The van der Waals surface area contributed by atoms with Crippen molar-refractivity contribution in [1.29, 1.82) is 0 Å². The Labute approximate surface area is 114 Å². The van der Waals surface area contributed by atoms with E-state index in [-0.39, 0.29) is 5.69 Å². The second-order valence-corrected chi connectivity index (χ2v) is 4.11. The number of nitrogens with one attached hydrogen (secondary N) is 2. The van der Waals surface area contributed by atoms with Crippen molar-refractivity contribution >= 4 is 34.4 Å². The fraction of sp³-hybridized carbons (Fsp3) is 0. The van der Waals surface area contributed by atoms with E-state index >= 15 is 0 Å². The first kappa shape index (κ1) is 13.1. The third kappa shape index (κ3) is 3.56. The molecular formula is C13H10FN3OS. The van der Waals surface area contributed by atoms with Crippen LogP contribution < -0.4 is 10.6 Å². The van der Waals surface area contributed by atoms with Crippen LogP contribution in [0.1, 0.15) is 0 Å². The fourth-order valence-electron chi connectivity index (χ4n) is 1.47. The quantitative estimate of drug-likeness (QED) is 0.656. The number of hydrogen-bond donors (Lipinski definition) is 2. The zero-order valence-corrected chi connectivity index (χ0v) is 10.6. The van der Waals surface area contributed by atoms with Crippen LogP contribution in [0.15, 0.2) is 53.7 Å². The molecule has 19 heavy (non-hydrogen) atoms. The Hall–Kier alpha value is -2.34. The molecule has 0 atom stereocenters. The van der Waals surface area contributed by atoms with E-state index in [0.29, 0.717) is 10.8 Å². The summed E-state index contributed by atoms with van der Waals surface area (Å²) in [5.74, 6) is -0.692. The maximum absolute atomic E-state index is 13.3. The summed E-state index contributed by atoms with van der Waals surface area (Å²) in [5.41, 5.74) is 1.04. The number of nitrogens with zero attached hydrogens (tertiary/aromatic N) is 1. The van der Waals surface area contributed by atoms with E-state index in [1.807, 2.05) is 30.3 Å².